The third-order valence-corrected chi connectivity index (χ3v) is 1.34. The van der Waals surface area contributed by atoms with Crippen LogP contribution in [0.5, 0.6) is 0 Å². The third-order valence-electron chi connectivity index (χ3n) is 1.34. The van der Waals surface area contributed by atoms with Crippen molar-refractivity contribution in [2.75, 3.05) is 0 Å². The number of carboxylic acid groups (broad SMARTS) is 1. The van der Waals surface area contributed by atoms with Crippen LogP contribution < -0.4 is 5.73 Å². The second-order valence-corrected chi connectivity index (χ2v) is 2.60. The molecule has 0 aliphatic carbocycles. The van der Waals surface area contributed by atoms with Crippen molar-refractivity contribution in [1.29, 1.82) is 0 Å². The van der Waals surface area contributed by atoms with Crippen LogP contribution in [0.25, 0.3) is 0 Å². The summed E-state index contributed by atoms with van der Waals surface area (Å²) in [6.45, 7) is 3.43. The summed E-state index contributed by atoms with van der Waals surface area (Å²) in [5, 5.41) is 17.4. The molecule has 0 fully saturated rings. The van der Waals surface area contributed by atoms with Crippen LogP contribution in [-0.2, 0) is 4.79 Å². The van der Waals surface area contributed by atoms with Crippen LogP contribution in [0.2, 0.25) is 0 Å². The Hall–Kier alpha value is -0.610. The molecule has 4 N–H and O–H groups in total. The fraction of sp³-hybridized carbons (Fsp3) is 0.833. The van der Waals surface area contributed by atoms with Gasteiger partial charge in [0.05, 0.1) is 6.10 Å². The summed E-state index contributed by atoms with van der Waals surface area (Å²) < 4.78 is 0. The minimum absolute atomic E-state index is 0.119. The van der Waals surface area contributed by atoms with Gasteiger partial charge in [-0.05, 0) is 5.92 Å². The van der Waals surface area contributed by atoms with Crippen molar-refractivity contribution < 1.29 is 15.0 Å². The van der Waals surface area contributed by atoms with Crippen LogP contribution in [0.4, 0.5) is 0 Å². The molecule has 0 aromatic heterocycles. The lowest BCUT2D eigenvalue weighted by Crippen LogP contribution is -2.44. The Morgan fingerprint density at radius 1 is 1.50 bits per heavy atom. The van der Waals surface area contributed by atoms with E-state index >= 15 is 0 Å². The molecule has 0 aliphatic rings. The highest BCUT2D eigenvalue weighted by atomic mass is 16.4. The maximum absolute atomic E-state index is 10.2. The number of aliphatic hydroxyl groups is 1. The minimum atomic E-state index is -1.17. The fourth-order valence-corrected chi connectivity index (χ4v) is 0.561. The molecule has 4 nitrogen and oxygen atoms in total. The first kappa shape index (κ1) is 9.39. The summed E-state index contributed by atoms with van der Waals surface area (Å²) in [6, 6.07) is -1.17. The molecule has 4 heteroatoms. The second kappa shape index (κ2) is 3.53. The van der Waals surface area contributed by atoms with Crippen molar-refractivity contribution in [2.45, 2.75) is 26.0 Å². The Balaban J connectivity index is 3.94. The molecule has 0 spiro atoms. The topological polar surface area (TPSA) is 83.5 Å². The van der Waals surface area contributed by atoms with E-state index in [1.54, 1.807) is 13.8 Å². The molecule has 0 rings (SSSR count). The number of nitrogens with two attached hydrogens (primary N) is 1. The van der Waals surface area contributed by atoms with E-state index in [0.717, 1.165) is 0 Å². The molecule has 60 valence electrons. The molecule has 0 heterocycles. The molecule has 0 aromatic carbocycles. The average molecular weight is 147 g/mol. The Morgan fingerprint density at radius 2 is 1.90 bits per heavy atom. The molecule has 0 aliphatic heterocycles. The number of hydrogen-bond donors (Lipinski definition) is 3. The first-order chi connectivity index (χ1) is 4.46. The lowest BCUT2D eigenvalue weighted by molar-refractivity contribution is -0.141. The predicted molar refractivity (Wildman–Crippen MR) is 36.5 cm³/mol. The highest BCUT2D eigenvalue weighted by Gasteiger charge is 2.24. The SMILES string of the molecule is CC(C)C(O)C(N)C(=O)O. The first-order valence-electron chi connectivity index (χ1n) is 3.13. The van der Waals surface area contributed by atoms with E-state index in [1.807, 2.05) is 0 Å². The van der Waals surface area contributed by atoms with Gasteiger partial charge in [-0.1, -0.05) is 13.8 Å². The van der Waals surface area contributed by atoms with Gasteiger partial charge in [0, 0.05) is 0 Å². The van der Waals surface area contributed by atoms with Gasteiger partial charge < -0.3 is 15.9 Å². The summed E-state index contributed by atoms with van der Waals surface area (Å²) in [7, 11) is 0. The predicted octanol–water partition coefficient (Wildman–Crippen LogP) is -0.585. The van der Waals surface area contributed by atoms with Crippen molar-refractivity contribution in [1.82, 2.24) is 0 Å². The molecule has 0 saturated carbocycles. The van der Waals surface area contributed by atoms with Crippen LogP contribution in [-0.4, -0.2) is 28.3 Å². The van der Waals surface area contributed by atoms with Crippen molar-refractivity contribution >= 4 is 5.97 Å². The molecular formula is C6H13NO3. The fourth-order valence-electron chi connectivity index (χ4n) is 0.561. The second-order valence-electron chi connectivity index (χ2n) is 2.60. The molecular weight excluding hydrogens is 134 g/mol. The molecule has 0 aromatic rings. The number of carbonyl (C=O) groups is 1. The van der Waals surface area contributed by atoms with E-state index in [2.05, 4.69) is 0 Å². The van der Waals surface area contributed by atoms with Gasteiger partial charge in [0.25, 0.3) is 0 Å². The van der Waals surface area contributed by atoms with Gasteiger partial charge in [-0.2, -0.15) is 0 Å². The van der Waals surface area contributed by atoms with Crippen LogP contribution >= 0.6 is 0 Å². The molecule has 0 bridgehead atoms. The van der Waals surface area contributed by atoms with E-state index in [9.17, 15) is 4.79 Å². The van der Waals surface area contributed by atoms with Crippen LogP contribution in [0, 0.1) is 5.92 Å². The quantitative estimate of drug-likeness (QED) is 0.498. The monoisotopic (exact) mass is 147 g/mol. The Morgan fingerprint density at radius 3 is 2.00 bits per heavy atom. The average Bonchev–Trinajstić information content (AvgIpc) is 1.84. The van der Waals surface area contributed by atoms with Gasteiger partial charge in [-0.3, -0.25) is 4.79 Å². The Kier molecular flexibility index (Phi) is 3.32. The minimum Gasteiger partial charge on any atom is -0.480 e. The highest BCUT2D eigenvalue weighted by molar-refractivity contribution is 5.73. The van der Waals surface area contributed by atoms with Crippen LogP contribution in [0.15, 0.2) is 0 Å². The summed E-state index contributed by atoms with van der Waals surface area (Å²) >= 11 is 0. The maximum Gasteiger partial charge on any atom is 0.323 e. The zero-order valence-corrected chi connectivity index (χ0v) is 6.11. The van der Waals surface area contributed by atoms with E-state index in [1.165, 1.54) is 0 Å². The lowest BCUT2D eigenvalue weighted by atomic mass is 10.0. The molecule has 2 unspecified atom stereocenters. The Bertz CT molecular complexity index is 124. The van der Waals surface area contributed by atoms with Crippen LogP contribution in [0.3, 0.4) is 0 Å². The summed E-state index contributed by atoms with van der Waals surface area (Å²) in [5.74, 6) is -1.28. The zero-order valence-electron chi connectivity index (χ0n) is 6.11. The number of hydrogen-bond acceptors (Lipinski definition) is 3. The molecule has 0 saturated heterocycles. The third kappa shape index (κ3) is 2.33. The number of rotatable bonds is 3. The molecule has 0 amide bonds. The lowest BCUT2D eigenvalue weighted by Gasteiger charge is -2.17. The summed E-state index contributed by atoms with van der Waals surface area (Å²) in [4.78, 5) is 10.2. The normalized spacial score (nSPS) is 16.9. The Labute approximate surface area is 59.7 Å². The molecule has 10 heavy (non-hydrogen) atoms. The number of aliphatic carboxylic acids is 1. The van der Waals surface area contributed by atoms with Gasteiger partial charge >= 0.3 is 5.97 Å². The van der Waals surface area contributed by atoms with Gasteiger partial charge in [0.1, 0.15) is 6.04 Å². The standard InChI is InChI=1S/C6H13NO3/c1-3(2)5(8)4(7)6(9)10/h3-5,8H,7H2,1-2H3,(H,9,10). The van der Waals surface area contributed by atoms with Crippen molar-refractivity contribution in [3.05, 3.63) is 0 Å². The van der Waals surface area contributed by atoms with E-state index < -0.39 is 18.1 Å². The zero-order chi connectivity index (χ0) is 8.31. The largest absolute Gasteiger partial charge is 0.480 e. The van der Waals surface area contributed by atoms with Crippen molar-refractivity contribution in [2.24, 2.45) is 11.7 Å². The summed E-state index contributed by atoms with van der Waals surface area (Å²) in [6.07, 6.45) is -0.961. The molecule has 2 atom stereocenters. The summed E-state index contributed by atoms with van der Waals surface area (Å²) in [5.41, 5.74) is 5.11. The van der Waals surface area contributed by atoms with Gasteiger partial charge in [-0.15, -0.1) is 0 Å². The van der Waals surface area contributed by atoms with E-state index in [4.69, 9.17) is 15.9 Å². The van der Waals surface area contributed by atoms with Gasteiger partial charge in [-0.25, -0.2) is 0 Å². The number of aliphatic hydroxyl groups excluding tert-OH is 1. The van der Waals surface area contributed by atoms with Gasteiger partial charge in [0.15, 0.2) is 0 Å². The smallest absolute Gasteiger partial charge is 0.323 e. The van der Waals surface area contributed by atoms with Crippen molar-refractivity contribution in [3.8, 4) is 0 Å². The highest BCUT2D eigenvalue weighted by Crippen LogP contribution is 2.03. The number of carboxylic acids is 1. The first-order valence-corrected chi connectivity index (χ1v) is 3.13. The maximum atomic E-state index is 10.2. The van der Waals surface area contributed by atoms with E-state index in [0.29, 0.717) is 0 Å². The van der Waals surface area contributed by atoms with E-state index in [-0.39, 0.29) is 5.92 Å². The molecule has 0 radical (unpaired) electrons. The van der Waals surface area contributed by atoms with Crippen molar-refractivity contribution in [3.63, 3.8) is 0 Å². The van der Waals surface area contributed by atoms with Gasteiger partial charge in [0.2, 0.25) is 0 Å². The van der Waals surface area contributed by atoms with Crippen LogP contribution in [0.1, 0.15) is 13.8 Å².